The van der Waals surface area contributed by atoms with Gasteiger partial charge in [0.2, 0.25) is 0 Å². The Morgan fingerprint density at radius 2 is 2.16 bits per heavy atom. The molecular weight excluding hydrogens is 242 g/mol. The lowest BCUT2D eigenvalue weighted by atomic mass is 9.97. The van der Waals surface area contributed by atoms with E-state index in [0.717, 1.165) is 12.3 Å². The topological polar surface area (TPSA) is 78.3 Å². The van der Waals surface area contributed by atoms with E-state index in [1.54, 1.807) is 17.9 Å². The van der Waals surface area contributed by atoms with Gasteiger partial charge in [-0.1, -0.05) is 48.9 Å². The highest BCUT2D eigenvalue weighted by molar-refractivity contribution is 5.94. The summed E-state index contributed by atoms with van der Waals surface area (Å²) in [6, 6.07) is 0. The number of rotatable bonds is 5. The molecule has 0 atom stereocenters. The second kappa shape index (κ2) is 7.11. The highest BCUT2D eigenvalue weighted by atomic mass is 16.6. The molecule has 0 radical (unpaired) electrons. The van der Waals surface area contributed by atoms with Crippen molar-refractivity contribution >= 4 is 5.84 Å². The average molecular weight is 265 g/mol. The minimum Gasteiger partial charge on any atom is -0.394 e. The number of nitrogens with zero attached hydrogens (tertiary/aromatic N) is 4. The van der Waals surface area contributed by atoms with Crippen molar-refractivity contribution in [2.24, 2.45) is 23.9 Å². The van der Waals surface area contributed by atoms with E-state index >= 15 is 0 Å². The highest BCUT2D eigenvalue weighted by Crippen LogP contribution is 2.25. The van der Waals surface area contributed by atoms with Gasteiger partial charge in [0.05, 0.1) is 6.20 Å². The summed E-state index contributed by atoms with van der Waals surface area (Å²) in [6.45, 7) is 0.631. The van der Waals surface area contributed by atoms with Crippen LogP contribution in [0.5, 0.6) is 0 Å². The minimum absolute atomic E-state index is 0.286. The summed E-state index contributed by atoms with van der Waals surface area (Å²) in [5, 5.41) is 11.6. The van der Waals surface area contributed by atoms with Crippen LogP contribution >= 0.6 is 0 Å². The van der Waals surface area contributed by atoms with Gasteiger partial charge < -0.3 is 10.6 Å². The van der Waals surface area contributed by atoms with E-state index in [1.807, 2.05) is 0 Å². The second-order valence-electron chi connectivity index (χ2n) is 5.23. The molecule has 1 aliphatic carbocycles. The fraction of sp³-hybridized carbons (Fsp3) is 0.769. The molecule has 1 aromatic rings. The average Bonchev–Trinajstić information content (AvgIpc) is 2.68. The van der Waals surface area contributed by atoms with Crippen LogP contribution < -0.4 is 5.73 Å². The Morgan fingerprint density at radius 1 is 1.42 bits per heavy atom. The first-order chi connectivity index (χ1) is 9.25. The van der Waals surface area contributed by atoms with Gasteiger partial charge in [-0.25, -0.2) is 0 Å². The Labute approximate surface area is 114 Å². The maximum Gasteiger partial charge on any atom is 0.192 e. The van der Waals surface area contributed by atoms with Crippen LogP contribution in [0.2, 0.25) is 0 Å². The Balaban J connectivity index is 1.70. The molecule has 1 aliphatic rings. The van der Waals surface area contributed by atoms with Crippen molar-refractivity contribution in [1.29, 1.82) is 0 Å². The lowest BCUT2D eigenvalue weighted by Crippen LogP contribution is -2.15. The lowest BCUT2D eigenvalue weighted by molar-refractivity contribution is 0.126. The smallest absolute Gasteiger partial charge is 0.192 e. The van der Waals surface area contributed by atoms with E-state index in [1.165, 1.54) is 38.5 Å². The van der Waals surface area contributed by atoms with E-state index < -0.39 is 0 Å². The van der Waals surface area contributed by atoms with Crippen LogP contribution in [0.3, 0.4) is 0 Å². The van der Waals surface area contributed by atoms with E-state index in [-0.39, 0.29) is 5.84 Å². The third-order valence-electron chi connectivity index (χ3n) is 3.62. The molecule has 6 nitrogen and oxygen atoms in total. The fourth-order valence-corrected chi connectivity index (χ4v) is 2.50. The molecule has 1 aromatic heterocycles. The van der Waals surface area contributed by atoms with Crippen molar-refractivity contribution in [1.82, 2.24) is 15.0 Å². The zero-order valence-corrected chi connectivity index (χ0v) is 11.6. The van der Waals surface area contributed by atoms with Crippen molar-refractivity contribution in [3.63, 3.8) is 0 Å². The second-order valence-corrected chi connectivity index (χ2v) is 5.23. The van der Waals surface area contributed by atoms with Crippen molar-refractivity contribution in [2.75, 3.05) is 6.61 Å². The number of aromatic nitrogens is 3. The molecular formula is C13H23N5O. The van der Waals surface area contributed by atoms with Gasteiger partial charge in [0.15, 0.2) is 11.5 Å². The maximum atomic E-state index is 5.76. The van der Waals surface area contributed by atoms with Crippen LogP contribution in [0.4, 0.5) is 0 Å². The van der Waals surface area contributed by atoms with Crippen LogP contribution in [0.15, 0.2) is 11.4 Å². The van der Waals surface area contributed by atoms with Gasteiger partial charge in [-0.3, -0.25) is 4.68 Å². The summed E-state index contributed by atoms with van der Waals surface area (Å²) < 4.78 is 1.59. The lowest BCUT2D eigenvalue weighted by Gasteiger charge is -2.12. The van der Waals surface area contributed by atoms with Crippen LogP contribution in [0, 0.1) is 5.92 Å². The van der Waals surface area contributed by atoms with Crippen molar-refractivity contribution < 1.29 is 4.84 Å². The molecule has 0 saturated heterocycles. The Morgan fingerprint density at radius 3 is 2.79 bits per heavy atom. The van der Waals surface area contributed by atoms with Crippen molar-refractivity contribution in [2.45, 2.75) is 44.9 Å². The predicted octanol–water partition coefficient (Wildman–Crippen LogP) is 1.81. The quantitative estimate of drug-likeness (QED) is 0.289. The molecule has 1 fully saturated rings. The number of aryl methyl sites for hydroxylation is 1. The molecule has 19 heavy (non-hydrogen) atoms. The van der Waals surface area contributed by atoms with Crippen LogP contribution in [-0.4, -0.2) is 27.4 Å². The SMILES string of the molecule is Cn1cc(/C(N)=N/OCCC2CCCCCC2)nn1. The standard InChI is InChI=1S/C13H23N5O/c1-18-10-12(15-17-18)13(14)16-19-9-8-11-6-4-2-3-5-7-11/h10-11H,2-9H2,1H3,(H2,14,16). The Bertz CT molecular complexity index is 407. The zero-order valence-electron chi connectivity index (χ0n) is 11.6. The van der Waals surface area contributed by atoms with Gasteiger partial charge in [0.25, 0.3) is 0 Å². The van der Waals surface area contributed by atoms with Gasteiger partial charge in [0.1, 0.15) is 6.61 Å². The van der Waals surface area contributed by atoms with Crippen molar-refractivity contribution in [3.8, 4) is 0 Å². The number of nitrogens with two attached hydrogens (primary N) is 1. The largest absolute Gasteiger partial charge is 0.394 e. The van der Waals surface area contributed by atoms with Crippen LogP contribution in [-0.2, 0) is 11.9 Å². The van der Waals surface area contributed by atoms with E-state index in [4.69, 9.17) is 10.6 Å². The molecule has 1 heterocycles. The third-order valence-corrected chi connectivity index (χ3v) is 3.62. The number of amidine groups is 1. The molecule has 0 amide bonds. The minimum atomic E-state index is 0.286. The molecule has 2 N–H and O–H groups in total. The van der Waals surface area contributed by atoms with Crippen molar-refractivity contribution in [3.05, 3.63) is 11.9 Å². The summed E-state index contributed by atoms with van der Waals surface area (Å²) in [5.41, 5.74) is 6.31. The van der Waals surface area contributed by atoms with Gasteiger partial charge in [-0.05, 0) is 12.3 Å². The molecule has 0 bridgehead atoms. The molecule has 6 heteroatoms. The molecule has 1 saturated carbocycles. The van der Waals surface area contributed by atoms with Crippen LogP contribution in [0.25, 0.3) is 0 Å². The molecule has 0 aromatic carbocycles. The summed E-state index contributed by atoms with van der Waals surface area (Å²) in [7, 11) is 1.79. The van der Waals surface area contributed by atoms with Gasteiger partial charge in [0, 0.05) is 7.05 Å². The molecule has 2 rings (SSSR count). The summed E-state index contributed by atoms with van der Waals surface area (Å²) >= 11 is 0. The normalized spacial score (nSPS) is 18.3. The molecule has 0 unspecified atom stereocenters. The zero-order chi connectivity index (χ0) is 13.5. The van der Waals surface area contributed by atoms with Crippen LogP contribution in [0.1, 0.15) is 50.6 Å². The van der Waals surface area contributed by atoms with Gasteiger partial charge in [-0.2, -0.15) is 0 Å². The first-order valence-corrected chi connectivity index (χ1v) is 7.08. The van der Waals surface area contributed by atoms with E-state index in [0.29, 0.717) is 12.3 Å². The van der Waals surface area contributed by atoms with E-state index in [2.05, 4.69) is 15.5 Å². The van der Waals surface area contributed by atoms with Gasteiger partial charge >= 0.3 is 0 Å². The molecule has 0 aliphatic heterocycles. The maximum absolute atomic E-state index is 5.76. The summed E-state index contributed by atoms with van der Waals surface area (Å²) in [4.78, 5) is 5.29. The molecule has 0 spiro atoms. The third kappa shape index (κ3) is 4.54. The molecule has 106 valence electrons. The predicted molar refractivity (Wildman–Crippen MR) is 73.5 cm³/mol. The fourth-order valence-electron chi connectivity index (χ4n) is 2.50. The monoisotopic (exact) mass is 265 g/mol. The highest BCUT2D eigenvalue weighted by Gasteiger charge is 2.12. The Hall–Kier alpha value is -1.59. The summed E-state index contributed by atoms with van der Waals surface area (Å²) in [5.74, 6) is 1.07. The van der Waals surface area contributed by atoms with E-state index in [9.17, 15) is 0 Å². The number of hydrogen-bond acceptors (Lipinski definition) is 4. The number of oxime groups is 1. The first-order valence-electron chi connectivity index (χ1n) is 7.08. The first kappa shape index (κ1) is 13.8. The van der Waals surface area contributed by atoms with Gasteiger partial charge in [-0.15, -0.1) is 5.10 Å². The number of hydrogen-bond donors (Lipinski definition) is 1. The summed E-state index contributed by atoms with van der Waals surface area (Å²) in [6.07, 6.45) is 10.9. The Kier molecular flexibility index (Phi) is 5.18.